The maximum atomic E-state index is 11.4. The minimum Gasteiger partial charge on any atom is -0.481 e. The van der Waals surface area contributed by atoms with Gasteiger partial charge in [-0.25, -0.2) is 0 Å². The lowest BCUT2D eigenvalue weighted by Crippen LogP contribution is -2.24. The number of rotatable bonds is 9. The van der Waals surface area contributed by atoms with Gasteiger partial charge in [-0.15, -0.1) is 0 Å². The minimum absolute atomic E-state index is 0.262. The summed E-state index contributed by atoms with van der Waals surface area (Å²) in [4.78, 5) is 11.4. The van der Waals surface area contributed by atoms with Crippen molar-refractivity contribution in [3.05, 3.63) is 35.9 Å². The highest BCUT2D eigenvalue weighted by molar-refractivity contribution is 6.32. The SMILES string of the molecule is CC(C)C(C)(C)[SiH2]OCCC(Cc1ccccc1)C(=O)O. The Balaban J connectivity index is 2.41. The molecule has 1 rings (SSSR count). The topological polar surface area (TPSA) is 46.5 Å². The summed E-state index contributed by atoms with van der Waals surface area (Å²) in [7, 11) is -0.639. The summed E-state index contributed by atoms with van der Waals surface area (Å²) in [5.41, 5.74) is 1.07. The van der Waals surface area contributed by atoms with E-state index >= 15 is 0 Å². The Morgan fingerprint density at radius 2 is 1.90 bits per heavy atom. The minimum atomic E-state index is -0.729. The van der Waals surface area contributed by atoms with Gasteiger partial charge in [-0.1, -0.05) is 58.0 Å². The summed E-state index contributed by atoms with van der Waals surface area (Å²) in [5, 5.41) is 9.60. The van der Waals surface area contributed by atoms with Crippen LogP contribution in [0.1, 0.15) is 39.7 Å². The van der Waals surface area contributed by atoms with Crippen molar-refractivity contribution in [2.75, 3.05) is 6.61 Å². The number of carboxylic acid groups (broad SMARTS) is 1. The number of carboxylic acids is 1. The molecule has 0 amide bonds. The Labute approximate surface area is 130 Å². The second kappa shape index (κ2) is 8.34. The molecule has 1 N–H and O–H groups in total. The Morgan fingerprint density at radius 3 is 2.43 bits per heavy atom. The second-order valence-electron chi connectivity index (χ2n) is 6.71. The lowest BCUT2D eigenvalue weighted by molar-refractivity contribution is -0.142. The van der Waals surface area contributed by atoms with E-state index in [4.69, 9.17) is 4.43 Å². The van der Waals surface area contributed by atoms with Crippen molar-refractivity contribution >= 4 is 15.7 Å². The monoisotopic (exact) mass is 308 g/mol. The molecule has 1 aromatic rings. The lowest BCUT2D eigenvalue weighted by atomic mass is 9.97. The zero-order valence-electron chi connectivity index (χ0n) is 13.6. The van der Waals surface area contributed by atoms with E-state index in [0.717, 1.165) is 5.56 Å². The van der Waals surface area contributed by atoms with Crippen LogP contribution in [-0.4, -0.2) is 27.4 Å². The van der Waals surface area contributed by atoms with Gasteiger partial charge >= 0.3 is 5.97 Å². The third-order valence-electron chi connectivity index (χ3n) is 4.32. The van der Waals surface area contributed by atoms with Crippen LogP contribution in [0, 0.1) is 11.8 Å². The van der Waals surface area contributed by atoms with Gasteiger partial charge in [-0.2, -0.15) is 0 Å². The normalized spacial score (nSPS) is 14.0. The van der Waals surface area contributed by atoms with Gasteiger partial charge in [0.1, 0.15) is 0 Å². The first-order valence-corrected chi connectivity index (χ1v) is 8.96. The summed E-state index contributed by atoms with van der Waals surface area (Å²) < 4.78 is 5.85. The zero-order valence-corrected chi connectivity index (χ0v) is 15.0. The van der Waals surface area contributed by atoms with Crippen molar-refractivity contribution in [2.45, 2.75) is 45.6 Å². The van der Waals surface area contributed by atoms with Crippen LogP contribution in [0.3, 0.4) is 0 Å². The molecule has 1 aromatic carbocycles. The summed E-state index contributed by atoms with van der Waals surface area (Å²) in [6, 6.07) is 9.80. The highest BCUT2D eigenvalue weighted by atomic mass is 28.2. The Bertz CT molecular complexity index is 429. The average Bonchev–Trinajstić information content (AvgIpc) is 2.42. The molecule has 0 radical (unpaired) electrons. The number of hydrogen-bond acceptors (Lipinski definition) is 2. The predicted octanol–water partition coefficient (Wildman–Crippen LogP) is 3.27. The van der Waals surface area contributed by atoms with Crippen LogP contribution in [0.5, 0.6) is 0 Å². The molecule has 1 atom stereocenters. The summed E-state index contributed by atoms with van der Waals surface area (Å²) in [6.45, 7) is 9.47. The Kier molecular flexibility index (Phi) is 7.12. The van der Waals surface area contributed by atoms with Crippen LogP contribution in [0.25, 0.3) is 0 Å². The highest BCUT2D eigenvalue weighted by Gasteiger charge is 2.24. The van der Waals surface area contributed by atoms with E-state index in [1.54, 1.807) is 0 Å². The smallest absolute Gasteiger partial charge is 0.306 e. The molecule has 4 heteroatoms. The molecule has 0 bridgehead atoms. The van der Waals surface area contributed by atoms with Gasteiger partial charge in [0.05, 0.1) is 5.92 Å². The lowest BCUT2D eigenvalue weighted by Gasteiger charge is -2.28. The van der Waals surface area contributed by atoms with E-state index < -0.39 is 15.7 Å². The first kappa shape index (κ1) is 17.9. The Hall–Kier alpha value is -1.13. The van der Waals surface area contributed by atoms with Crippen molar-refractivity contribution in [3.8, 4) is 0 Å². The number of benzene rings is 1. The van der Waals surface area contributed by atoms with Gasteiger partial charge in [-0.3, -0.25) is 4.79 Å². The molecular formula is C17H28O3Si. The van der Waals surface area contributed by atoms with Gasteiger partial charge in [0, 0.05) is 6.61 Å². The third-order valence-corrected chi connectivity index (χ3v) is 6.38. The van der Waals surface area contributed by atoms with Gasteiger partial charge in [0.2, 0.25) is 0 Å². The van der Waals surface area contributed by atoms with Crippen LogP contribution in [-0.2, 0) is 15.6 Å². The van der Waals surface area contributed by atoms with E-state index in [-0.39, 0.29) is 11.0 Å². The average molecular weight is 308 g/mol. The summed E-state index contributed by atoms with van der Waals surface area (Å²) in [5.74, 6) is -0.487. The van der Waals surface area contributed by atoms with E-state index in [2.05, 4.69) is 27.7 Å². The molecule has 1 unspecified atom stereocenters. The summed E-state index contributed by atoms with van der Waals surface area (Å²) >= 11 is 0. The van der Waals surface area contributed by atoms with E-state index in [1.807, 2.05) is 30.3 Å². The molecule has 21 heavy (non-hydrogen) atoms. The van der Waals surface area contributed by atoms with Gasteiger partial charge in [0.15, 0.2) is 9.76 Å². The molecule has 0 saturated carbocycles. The molecule has 0 aliphatic rings. The van der Waals surface area contributed by atoms with E-state index in [9.17, 15) is 9.90 Å². The molecule has 0 saturated heterocycles. The van der Waals surface area contributed by atoms with Crippen molar-refractivity contribution in [1.82, 2.24) is 0 Å². The van der Waals surface area contributed by atoms with Crippen molar-refractivity contribution in [2.24, 2.45) is 11.8 Å². The fourth-order valence-electron chi connectivity index (χ4n) is 1.94. The molecule has 118 valence electrons. The van der Waals surface area contributed by atoms with Crippen molar-refractivity contribution in [1.29, 1.82) is 0 Å². The largest absolute Gasteiger partial charge is 0.481 e. The first-order chi connectivity index (χ1) is 9.83. The molecular weight excluding hydrogens is 280 g/mol. The van der Waals surface area contributed by atoms with Crippen LogP contribution in [0.2, 0.25) is 5.04 Å². The molecule has 0 aliphatic heterocycles. The standard InChI is InChI=1S/C17H28O3Si/c1-13(2)17(3,4)21-20-11-10-15(16(18)19)12-14-8-6-5-7-9-14/h5-9,13,15H,10-12,21H2,1-4H3,(H,18,19). The Morgan fingerprint density at radius 1 is 1.29 bits per heavy atom. The van der Waals surface area contributed by atoms with Crippen LogP contribution in [0.4, 0.5) is 0 Å². The molecule has 3 nitrogen and oxygen atoms in total. The van der Waals surface area contributed by atoms with Crippen LogP contribution < -0.4 is 0 Å². The number of carbonyl (C=O) groups is 1. The van der Waals surface area contributed by atoms with Crippen molar-refractivity contribution < 1.29 is 14.3 Å². The highest BCUT2D eigenvalue weighted by Crippen LogP contribution is 2.32. The fraction of sp³-hybridized carbons (Fsp3) is 0.588. The number of aliphatic carboxylic acids is 1. The molecule has 0 fully saturated rings. The van der Waals surface area contributed by atoms with Crippen LogP contribution >= 0.6 is 0 Å². The zero-order chi connectivity index (χ0) is 15.9. The van der Waals surface area contributed by atoms with Gasteiger partial charge < -0.3 is 9.53 Å². The second-order valence-corrected chi connectivity index (χ2v) is 9.23. The maximum Gasteiger partial charge on any atom is 0.306 e. The van der Waals surface area contributed by atoms with Crippen LogP contribution in [0.15, 0.2) is 30.3 Å². The maximum absolute atomic E-state index is 11.4. The van der Waals surface area contributed by atoms with E-state index in [0.29, 0.717) is 25.4 Å². The molecule has 0 heterocycles. The number of hydrogen-bond donors (Lipinski definition) is 1. The third kappa shape index (κ3) is 6.44. The van der Waals surface area contributed by atoms with E-state index in [1.165, 1.54) is 0 Å². The molecule has 0 aromatic heterocycles. The summed E-state index contributed by atoms with van der Waals surface area (Å²) in [6.07, 6.45) is 1.17. The fourth-order valence-corrected chi connectivity index (χ4v) is 3.11. The van der Waals surface area contributed by atoms with Gasteiger partial charge in [-0.05, 0) is 29.4 Å². The first-order valence-electron chi connectivity index (χ1n) is 7.67. The molecule has 0 spiro atoms. The quantitative estimate of drug-likeness (QED) is 0.562. The molecule has 0 aliphatic carbocycles. The van der Waals surface area contributed by atoms with Crippen molar-refractivity contribution in [3.63, 3.8) is 0 Å². The predicted molar refractivity (Wildman–Crippen MR) is 89.3 cm³/mol. The van der Waals surface area contributed by atoms with Gasteiger partial charge in [0.25, 0.3) is 0 Å².